The van der Waals surface area contributed by atoms with Gasteiger partial charge in [0.2, 0.25) is 0 Å². The topological polar surface area (TPSA) is 52.5 Å². The Labute approximate surface area is 53.3 Å². The zero-order chi connectivity index (χ0) is 6.91. The monoisotopic (exact) mass is 127 g/mol. The van der Waals surface area contributed by atoms with Crippen LogP contribution in [-0.4, -0.2) is 15.9 Å². The number of nitrogens with one attached hydrogen (secondary N) is 1. The second-order valence-corrected chi connectivity index (χ2v) is 2.13. The van der Waals surface area contributed by atoms with E-state index >= 15 is 0 Å². The highest BCUT2D eigenvalue weighted by Crippen LogP contribution is 2.12. The molecule has 0 radical (unpaired) electrons. The Kier molecular flexibility index (Phi) is 1.21. The molecule has 0 aromatic carbocycles. The molecule has 1 aliphatic heterocycles. The molecule has 1 atom stereocenters. The van der Waals surface area contributed by atoms with Crippen molar-refractivity contribution < 1.29 is 10.2 Å². The number of hydrogen-bond donors (Lipinski definition) is 3. The Bertz CT molecular complexity index is 170. The van der Waals surface area contributed by atoms with E-state index in [0.717, 1.165) is 0 Å². The van der Waals surface area contributed by atoms with Crippen LogP contribution in [-0.2, 0) is 0 Å². The van der Waals surface area contributed by atoms with Crippen LogP contribution in [0.15, 0.2) is 24.1 Å². The molecule has 1 aliphatic rings. The Morgan fingerprint density at radius 1 is 1.67 bits per heavy atom. The molecule has 0 aromatic heterocycles. The lowest BCUT2D eigenvalue weighted by Crippen LogP contribution is -2.41. The van der Waals surface area contributed by atoms with Crippen LogP contribution < -0.4 is 5.32 Å². The van der Waals surface area contributed by atoms with Crippen molar-refractivity contribution in [2.75, 3.05) is 0 Å². The highest BCUT2D eigenvalue weighted by molar-refractivity contribution is 5.19. The van der Waals surface area contributed by atoms with Crippen molar-refractivity contribution >= 4 is 0 Å². The molecule has 0 bridgehead atoms. The molecule has 3 heteroatoms. The predicted octanol–water partition coefficient (Wildman–Crippen LogP) is 0.254. The molecule has 1 unspecified atom stereocenters. The van der Waals surface area contributed by atoms with Crippen LogP contribution in [0.1, 0.15) is 6.92 Å². The van der Waals surface area contributed by atoms with Crippen LogP contribution in [0.2, 0.25) is 0 Å². The summed E-state index contributed by atoms with van der Waals surface area (Å²) < 4.78 is 0. The van der Waals surface area contributed by atoms with Crippen LogP contribution in [0.5, 0.6) is 0 Å². The molecule has 0 fully saturated rings. The average molecular weight is 127 g/mol. The van der Waals surface area contributed by atoms with Gasteiger partial charge in [-0.1, -0.05) is 0 Å². The van der Waals surface area contributed by atoms with Crippen molar-refractivity contribution in [2.24, 2.45) is 0 Å². The Morgan fingerprint density at radius 2 is 2.33 bits per heavy atom. The minimum atomic E-state index is -1.28. The third kappa shape index (κ3) is 1.05. The number of rotatable bonds is 0. The summed E-state index contributed by atoms with van der Waals surface area (Å²) >= 11 is 0. The first-order chi connectivity index (χ1) is 4.13. The van der Waals surface area contributed by atoms with E-state index in [9.17, 15) is 0 Å². The van der Waals surface area contributed by atoms with E-state index in [0.29, 0.717) is 0 Å². The molecule has 1 heterocycles. The third-order valence-electron chi connectivity index (χ3n) is 1.21. The highest BCUT2D eigenvalue weighted by atomic mass is 16.3. The second kappa shape index (κ2) is 1.77. The molecule has 3 N–H and O–H groups in total. The fourth-order valence-electron chi connectivity index (χ4n) is 0.586. The van der Waals surface area contributed by atoms with E-state index in [1.54, 1.807) is 12.3 Å². The number of dihydropyridines is 1. The zero-order valence-corrected chi connectivity index (χ0v) is 5.13. The summed E-state index contributed by atoms with van der Waals surface area (Å²) in [5.74, 6) is -0.0648. The van der Waals surface area contributed by atoms with Crippen LogP contribution >= 0.6 is 0 Å². The maximum atomic E-state index is 9.16. The van der Waals surface area contributed by atoms with Crippen LogP contribution in [0.25, 0.3) is 0 Å². The van der Waals surface area contributed by atoms with Crippen LogP contribution in [0.4, 0.5) is 0 Å². The second-order valence-electron chi connectivity index (χ2n) is 2.13. The minimum Gasteiger partial charge on any atom is -0.507 e. The molecule has 0 aliphatic carbocycles. The van der Waals surface area contributed by atoms with Crippen molar-refractivity contribution in [1.82, 2.24) is 5.32 Å². The predicted molar refractivity (Wildman–Crippen MR) is 33.6 cm³/mol. The van der Waals surface area contributed by atoms with Gasteiger partial charge in [-0.25, -0.2) is 0 Å². The van der Waals surface area contributed by atoms with Gasteiger partial charge in [-0.2, -0.15) is 0 Å². The quantitative estimate of drug-likeness (QED) is 0.437. The Morgan fingerprint density at radius 3 is 2.67 bits per heavy atom. The van der Waals surface area contributed by atoms with Gasteiger partial charge in [0.25, 0.3) is 0 Å². The Balaban J connectivity index is 2.83. The highest BCUT2D eigenvalue weighted by Gasteiger charge is 2.24. The molecule has 0 saturated heterocycles. The van der Waals surface area contributed by atoms with Gasteiger partial charge in [0, 0.05) is 0 Å². The summed E-state index contributed by atoms with van der Waals surface area (Å²) in [7, 11) is 0. The molecule has 0 spiro atoms. The van der Waals surface area contributed by atoms with Gasteiger partial charge in [0.05, 0.1) is 0 Å². The molecule has 50 valence electrons. The average Bonchev–Trinajstić information content (AvgIpc) is 1.77. The standard InChI is InChI=1S/C6H9NO2/c1-6(9)5(8)3-2-4-7-6/h2-4,7-9H,1H3. The maximum absolute atomic E-state index is 9.16. The number of hydrogen-bond acceptors (Lipinski definition) is 3. The fourth-order valence-corrected chi connectivity index (χ4v) is 0.586. The number of aliphatic hydroxyl groups is 2. The van der Waals surface area contributed by atoms with Gasteiger partial charge in [0.15, 0.2) is 5.72 Å². The lowest BCUT2D eigenvalue weighted by molar-refractivity contribution is 0.0317. The first-order valence-corrected chi connectivity index (χ1v) is 2.69. The summed E-state index contributed by atoms with van der Waals surface area (Å²) in [6, 6.07) is 0. The minimum absolute atomic E-state index is 0.0648. The normalized spacial score (nSPS) is 33.3. The van der Waals surface area contributed by atoms with Gasteiger partial charge in [0.1, 0.15) is 5.76 Å². The van der Waals surface area contributed by atoms with Crippen molar-refractivity contribution in [3.63, 3.8) is 0 Å². The number of allylic oxidation sites excluding steroid dienone is 2. The lowest BCUT2D eigenvalue weighted by atomic mass is 10.1. The molecule has 0 saturated carbocycles. The Hall–Kier alpha value is -0.960. The lowest BCUT2D eigenvalue weighted by Gasteiger charge is -2.24. The molecule has 9 heavy (non-hydrogen) atoms. The van der Waals surface area contributed by atoms with E-state index in [1.807, 2.05) is 0 Å². The summed E-state index contributed by atoms with van der Waals surface area (Å²) in [6.45, 7) is 1.47. The van der Waals surface area contributed by atoms with Crippen molar-refractivity contribution in [1.29, 1.82) is 0 Å². The van der Waals surface area contributed by atoms with Crippen LogP contribution in [0, 0.1) is 0 Å². The molecule has 1 rings (SSSR count). The van der Waals surface area contributed by atoms with Gasteiger partial charge in [-0.3, -0.25) is 0 Å². The van der Waals surface area contributed by atoms with E-state index < -0.39 is 5.72 Å². The van der Waals surface area contributed by atoms with Gasteiger partial charge < -0.3 is 15.5 Å². The summed E-state index contributed by atoms with van der Waals surface area (Å²) in [5, 5.41) is 20.7. The molecule has 0 amide bonds. The fraction of sp³-hybridized carbons (Fsp3) is 0.333. The molecular weight excluding hydrogens is 118 g/mol. The van der Waals surface area contributed by atoms with Crippen molar-refractivity contribution in [3.05, 3.63) is 24.1 Å². The third-order valence-corrected chi connectivity index (χ3v) is 1.21. The summed E-state index contributed by atoms with van der Waals surface area (Å²) in [5.41, 5.74) is -1.28. The van der Waals surface area contributed by atoms with E-state index in [2.05, 4.69) is 5.32 Å². The van der Waals surface area contributed by atoms with Crippen LogP contribution in [0.3, 0.4) is 0 Å². The smallest absolute Gasteiger partial charge is 0.191 e. The largest absolute Gasteiger partial charge is 0.507 e. The first kappa shape index (κ1) is 6.16. The number of aliphatic hydroxyl groups excluding tert-OH is 1. The first-order valence-electron chi connectivity index (χ1n) is 2.69. The molecular formula is C6H9NO2. The van der Waals surface area contributed by atoms with Crippen molar-refractivity contribution in [3.8, 4) is 0 Å². The molecule has 3 nitrogen and oxygen atoms in total. The SMILES string of the molecule is CC1(O)NC=CC=C1O. The molecule has 0 aromatic rings. The van der Waals surface area contributed by atoms with Crippen molar-refractivity contribution in [2.45, 2.75) is 12.6 Å². The van der Waals surface area contributed by atoms with E-state index in [-0.39, 0.29) is 5.76 Å². The summed E-state index contributed by atoms with van der Waals surface area (Å²) in [4.78, 5) is 0. The maximum Gasteiger partial charge on any atom is 0.191 e. The zero-order valence-electron chi connectivity index (χ0n) is 5.13. The van der Waals surface area contributed by atoms with Gasteiger partial charge in [-0.05, 0) is 25.3 Å². The van der Waals surface area contributed by atoms with E-state index in [4.69, 9.17) is 10.2 Å². The van der Waals surface area contributed by atoms with Gasteiger partial charge in [-0.15, -0.1) is 0 Å². The van der Waals surface area contributed by atoms with Gasteiger partial charge >= 0.3 is 0 Å². The van der Waals surface area contributed by atoms with E-state index in [1.165, 1.54) is 13.0 Å². The summed E-state index contributed by atoms with van der Waals surface area (Å²) in [6.07, 6.45) is 4.63.